The van der Waals surface area contributed by atoms with Gasteiger partial charge in [-0.3, -0.25) is 4.79 Å². The molecule has 1 saturated heterocycles. The van der Waals surface area contributed by atoms with E-state index in [0.29, 0.717) is 25.1 Å². The summed E-state index contributed by atoms with van der Waals surface area (Å²) in [7, 11) is 0. The first-order valence-electron chi connectivity index (χ1n) is 5.88. The van der Waals surface area contributed by atoms with Gasteiger partial charge in [-0.2, -0.15) is 0 Å². The van der Waals surface area contributed by atoms with Crippen LogP contribution in [-0.4, -0.2) is 19.1 Å². The predicted molar refractivity (Wildman–Crippen MR) is 61.9 cm³/mol. The molecule has 1 N–H and O–H groups in total. The normalized spacial score (nSPS) is 23.6. The van der Waals surface area contributed by atoms with E-state index in [9.17, 15) is 9.18 Å². The van der Waals surface area contributed by atoms with Crippen LogP contribution in [0.25, 0.3) is 0 Å². The molecule has 3 nitrogen and oxygen atoms in total. The quantitative estimate of drug-likeness (QED) is 0.817. The molecular formula is C13H16FNO2. The van der Waals surface area contributed by atoms with Gasteiger partial charge in [0.2, 0.25) is 0 Å². The monoisotopic (exact) mass is 237 g/mol. The minimum Gasteiger partial charge on any atom is -0.466 e. The van der Waals surface area contributed by atoms with Crippen LogP contribution < -0.4 is 5.32 Å². The van der Waals surface area contributed by atoms with Gasteiger partial charge in [-0.05, 0) is 26.0 Å². The smallest absolute Gasteiger partial charge is 0.310 e. The van der Waals surface area contributed by atoms with Gasteiger partial charge >= 0.3 is 5.97 Å². The zero-order chi connectivity index (χ0) is 12.3. The van der Waals surface area contributed by atoms with Crippen molar-refractivity contribution in [2.45, 2.75) is 19.4 Å². The van der Waals surface area contributed by atoms with Crippen molar-refractivity contribution >= 4 is 5.97 Å². The molecule has 1 aliphatic heterocycles. The van der Waals surface area contributed by atoms with E-state index in [0.717, 1.165) is 0 Å². The van der Waals surface area contributed by atoms with E-state index in [-0.39, 0.29) is 23.7 Å². The van der Waals surface area contributed by atoms with Gasteiger partial charge in [0.1, 0.15) is 5.82 Å². The van der Waals surface area contributed by atoms with Gasteiger partial charge in [-0.1, -0.05) is 18.2 Å². The Hall–Kier alpha value is -1.42. The molecule has 1 aliphatic rings. The SMILES string of the molecule is CCOC(=O)[C@@H]1CCN[C@H]1c1ccccc1F. The number of nitrogens with one attached hydrogen (secondary N) is 1. The van der Waals surface area contributed by atoms with Crippen molar-refractivity contribution in [2.24, 2.45) is 5.92 Å². The Morgan fingerprint density at radius 3 is 3.00 bits per heavy atom. The summed E-state index contributed by atoms with van der Waals surface area (Å²) in [6, 6.07) is 6.28. The Kier molecular flexibility index (Phi) is 3.74. The molecule has 0 radical (unpaired) electrons. The van der Waals surface area contributed by atoms with Crippen LogP contribution in [0.1, 0.15) is 24.9 Å². The summed E-state index contributed by atoms with van der Waals surface area (Å²) in [5.74, 6) is -0.807. The van der Waals surface area contributed by atoms with Gasteiger partial charge in [0, 0.05) is 11.6 Å². The highest BCUT2D eigenvalue weighted by molar-refractivity contribution is 5.74. The first kappa shape index (κ1) is 12.0. The van der Waals surface area contributed by atoms with Crippen LogP contribution in [0.15, 0.2) is 24.3 Å². The summed E-state index contributed by atoms with van der Waals surface area (Å²) < 4.78 is 18.7. The molecular weight excluding hydrogens is 221 g/mol. The molecule has 2 atom stereocenters. The number of carbonyl (C=O) groups excluding carboxylic acids is 1. The van der Waals surface area contributed by atoms with E-state index < -0.39 is 0 Å². The van der Waals surface area contributed by atoms with E-state index >= 15 is 0 Å². The zero-order valence-corrected chi connectivity index (χ0v) is 9.78. The number of hydrogen-bond donors (Lipinski definition) is 1. The fourth-order valence-electron chi connectivity index (χ4n) is 2.26. The van der Waals surface area contributed by atoms with Crippen molar-refractivity contribution < 1.29 is 13.9 Å². The summed E-state index contributed by atoms with van der Waals surface area (Å²) in [4.78, 5) is 11.8. The largest absolute Gasteiger partial charge is 0.466 e. The Morgan fingerprint density at radius 1 is 1.53 bits per heavy atom. The Bertz CT molecular complexity index is 408. The molecule has 0 aliphatic carbocycles. The summed E-state index contributed by atoms with van der Waals surface area (Å²) >= 11 is 0. The number of halogens is 1. The minimum absolute atomic E-state index is 0.245. The lowest BCUT2D eigenvalue weighted by Gasteiger charge is -2.18. The van der Waals surface area contributed by atoms with Crippen molar-refractivity contribution in [3.63, 3.8) is 0 Å². The highest BCUT2D eigenvalue weighted by Gasteiger charge is 2.35. The number of carbonyl (C=O) groups is 1. The number of hydrogen-bond acceptors (Lipinski definition) is 3. The second kappa shape index (κ2) is 5.27. The molecule has 1 heterocycles. The molecule has 0 saturated carbocycles. The fourth-order valence-corrected chi connectivity index (χ4v) is 2.26. The Morgan fingerprint density at radius 2 is 2.29 bits per heavy atom. The maximum absolute atomic E-state index is 13.7. The molecule has 4 heteroatoms. The summed E-state index contributed by atoms with van der Waals surface area (Å²) in [5.41, 5.74) is 0.544. The van der Waals surface area contributed by atoms with Crippen LogP contribution in [0.3, 0.4) is 0 Å². The number of esters is 1. The number of ether oxygens (including phenoxy) is 1. The molecule has 0 bridgehead atoms. The third-order valence-corrected chi connectivity index (χ3v) is 3.05. The van der Waals surface area contributed by atoms with Crippen LogP contribution in [0.4, 0.5) is 4.39 Å². The highest BCUT2D eigenvalue weighted by atomic mass is 19.1. The summed E-state index contributed by atoms with van der Waals surface area (Å²) in [5, 5.41) is 3.16. The van der Waals surface area contributed by atoms with Crippen molar-refractivity contribution in [3.8, 4) is 0 Å². The molecule has 0 unspecified atom stereocenters. The summed E-state index contributed by atoms with van der Waals surface area (Å²) in [6.45, 7) is 2.85. The highest BCUT2D eigenvalue weighted by Crippen LogP contribution is 2.31. The lowest BCUT2D eigenvalue weighted by molar-refractivity contribution is -0.148. The molecule has 92 valence electrons. The van der Waals surface area contributed by atoms with Crippen molar-refractivity contribution in [3.05, 3.63) is 35.6 Å². The second-order valence-electron chi connectivity index (χ2n) is 4.10. The van der Waals surface area contributed by atoms with Crippen LogP contribution in [-0.2, 0) is 9.53 Å². The molecule has 0 aromatic heterocycles. The third-order valence-electron chi connectivity index (χ3n) is 3.05. The van der Waals surface area contributed by atoms with Gasteiger partial charge in [0.15, 0.2) is 0 Å². The first-order valence-corrected chi connectivity index (χ1v) is 5.88. The van der Waals surface area contributed by atoms with Crippen LogP contribution >= 0.6 is 0 Å². The maximum atomic E-state index is 13.7. The fraction of sp³-hybridized carbons (Fsp3) is 0.462. The standard InChI is InChI=1S/C13H16FNO2/c1-2-17-13(16)10-7-8-15-12(10)9-5-3-4-6-11(9)14/h3-6,10,12,15H,2,7-8H2,1H3/t10-,12+/m1/s1. The topological polar surface area (TPSA) is 38.3 Å². The van der Waals surface area contributed by atoms with Gasteiger partial charge in [0.05, 0.1) is 12.5 Å². The third kappa shape index (κ3) is 2.47. The Balaban J connectivity index is 2.20. The average Bonchev–Trinajstić information content (AvgIpc) is 2.79. The van der Waals surface area contributed by atoms with E-state index in [1.807, 2.05) is 0 Å². The number of benzene rings is 1. The van der Waals surface area contributed by atoms with Crippen LogP contribution in [0.2, 0.25) is 0 Å². The van der Waals surface area contributed by atoms with E-state index in [2.05, 4.69) is 5.32 Å². The molecule has 1 aromatic rings. The Labute approximate surface area is 100.0 Å². The van der Waals surface area contributed by atoms with E-state index in [1.54, 1.807) is 25.1 Å². The average molecular weight is 237 g/mol. The van der Waals surface area contributed by atoms with Gasteiger partial charge in [0.25, 0.3) is 0 Å². The first-order chi connectivity index (χ1) is 8.24. The van der Waals surface area contributed by atoms with Crippen molar-refractivity contribution in [2.75, 3.05) is 13.2 Å². The van der Waals surface area contributed by atoms with Crippen molar-refractivity contribution in [1.82, 2.24) is 5.32 Å². The predicted octanol–water partition coefficient (Wildman–Crippen LogP) is 2.04. The lowest BCUT2D eigenvalue weighted by Crippen LogP contribution is -2.26. The molecule has 17 heavy (non-hydrogen) atoms. The van der Waals surface area contributed by atoms with Gasteiger partial charge in [-0.15, -0.1) is 0 Å². The van der Waals surface area contributed by atoms with Gasteiger partial charge < -0.3 is 10.1 Å². The van der Waals surface area contributed by atoms with E-state index in [4.69, 9.17) is 4.74 Å². The molecule has 2 rings (SSSR count). The maximum Gasteiger partial charge on any atom is 0.310 e. The van der Waals surface area contributed by atoms with Crippen LogP contribution in [0.5, 0.6) is 0 Å². The zero-order valence-electron chi connectivity index (χ0n) is 9.78. The molecule has 0 spiro atoms. The molecule has 0 amide bonds. The lowest BCUT2D eigenvalue weighted by atomic mass is 9.94. The molecule has 1 aromatic carbocycles. The van der Waals surface area contributed by atoms with Crippen molar-refractivity contribution in [1.29, 1.82) is 0 Å². The number of rotatable bonds is 3. The van der Waals surface area contributed by atoms with E-state index in [1.165, 1.54) is 6.07 Å². The summed E-state index contributed by atoms with van der Waals surface area (Å²) in [6.07, 6.45) is 0.692. The minimum atomic E-state index is -0.285. The molecule has 1 fully saturated rings. The van der Waals surface area contributed by atoms with Gasteiger partial charge in [-0.25, -0.2) is 4.39 Å². The second-order valence-corrected chi connectivity index (χ2v) is 4.10. The van der Waals surface area contributed by atoms with Crippen LogP contribution in [0, 0.1) is 11.7 Å².